The van der Waals surface area contributed by atoms with Gasteiger partial charge in [0.25, 0.3) is 0 Å². The van der Waals surface area contributed by atoms with Crippen LogP contribution in [0.3, 0.4) is 0 Å². The summed E-state index contributed by atoms with van der Waals surface area (Å²) in [6.07, 6.45) is 1.00. The highest BCUT2D eigenvalue weighted by atomic mass is 35.5. The van der Waals surface area contributed by atoms with Gasteiger partial charge in [-0.2, -0.15) is 0 Å². The quantitative estimate of drug-likeness (QED) is 0.510. The first kappa shape index (κ1) is 20.7. The lowest BCUT2D eigenvalue weighted by molar-refractivity contribution is -0.114. The van der Waals surface area contributed by atoms with Crippen molar-refractivity contribution in [2.75, 3.05) is 23.8 Å². The summed E-state index contributed by atoms with van der Waals surface area (Å²) in [5.74, 6) is 1.18. The third-order valence-electron chi connectivity index (χ3n) is 3.55. The van der Waals surface area contributed by atoms with Crippen molar-refractivity contribution >= 4 is 52.1 Å². The van der Waals surface area contributed by atoms with Crippen LogP contribution in [0, 0.1) is 5.92 Å². The molecule has 2 N–H and O–H groups in total. The van der Waals surface area contributed by atoms with Crippen molar-refractivity contribution in [1.82, 2.24) is 0 Å². The van der Waals surface area contributed by atoms with Crippen LogP contribution in [0.4, 0.5) is 11.4 Å². The Morgan fingerprint density at radius 2 is 1.69 bits per heavy atom. The average Bonchev–Trinajstić information content (AvgIpc) is 2.58. The maximum atomic E-state index is 12.1. The van der Waals surface area contributed by atoms with Crippen LogP contribution in [0.15, 0.2) is 36.4 Å². The molecule has 2 aromatic carbocycles. The second-order valence-electron chi connectivity index (χ2n) is 6.20. The van der Waals surface area contributed by atoms with E-state index in [9.17, 15) is 4.79 Å². The van der Waals surface area contributed by atoms with E-state index < -0.39 is 0 Å². The number of hydrogen-bond acceptors (Lipinski definition) is 3. The monoisotopic (exact) mass is 414 g/mol. The molecule has 0 aliphatic heterocycles. The van der Waals surface area contributed by atoms with Crippen molar-refractivity contribution < 1.29 is 9.53 Å². The maximum Gasteiger partial charge on any atom is 0.243 e. The summed E-state index contributed by atoms with van der Waals surface area (Å²) < 4.78 is 5.65. The minimum atomic E-state index is -0.208. The van der Waals surface area contributed by atoms with Crippen molar-refractivity contribution in [2.24, 2.45) is 5.92 Å². The molecule has 0 bridgehead atoms. The van der Waals surface area contributed by atoms with Gasteiger partial charge >= 0.3 is 0 Å². The van der Waals surface area contributed by atoms with Crippen molar-refractivity contribution in [2.45, 2.75) is 20.3 Å². The fraction of sp³-hybridized carbons (Fsp3) is 0.316. The number of nitrogens with one attached hydrogen (secondary N) is 2. The molecule has 0 spiro atoms. The van der Waals surface area contributed by atoms with E-state index in [2.05, 4.69) is 24.5 Å². The van der Waals surface area contributed by atoms with Crippen LogP contribution < -0.4 is 15.4 Å². The molecule has 7 heteroatoms. The SMILES string of the molecule is CC(C)CCOc1ccc(NC(=O)CNc2cc(Cl)c(Cl)cc2Cl)cc1. The predicted octanol–water partition coefficient (Wildman–Crippen LogP) is 6.12. The van der Waals surface area contributed by atoms with Crippen molar-refractivity contribution in [3.63, 3.8) is 0 Å². The van der Waals surface area contributed by atoms with Gasteiger partial charge in [-0.05, 0) is 48.7 Å². The molecule has 0 unspecified atom stereocenters. The number of benzene rings is 2. The number of hydrogen-bond donors (Lipinski definition) is 2. The Balaban J connectivity index is 1.83. The first-order valence-corrected chi connectivity index (χ1v) is 9.39. The summed E-state index contributed by atoms with van der Waals surface area (Å²) >= 11 is 17.9. The minimum Gasteiger partial charge on any atom is -0.494 e. The number of carbonyl (C=O) groups excluding carboxylic acids is 1. The van der Waals surface area contributed by atoms with Gasteiger partial charge in [-0.15, -0.1) is 0 Å². The molecule has 0 aliphatic rings. The molecule has 2 aromatic rings. The first-order chi connectivity index (χ1) is 12.3. The zero-order valence-electron chi connectivity index (χ0n) is 14.6. The zero-order chi connectivity index (χ0) is 19.1. The molecule has 0 aromatic heterocycles. The molecule has 140 valence electrons. The summed E-state index contributed by atoms with van der Waals surface area (Å²) in [7, 11) is 0. The van der Waals surface area contributed by atoms with E-state index in [-0.39, 0.29) is 12.5 Å². The summed E-state index contributed by atoms with van der Waals surface area (Å²) in [5.41, 5.74) is 1.23. The molecule has 1 amide bonds. The molecule has 0 radical (unpaired) electrons. The lowest BCUT2D eigenvalue weighted by atomic mass is 10.1. The summed E-state index contributed by atoms with van der Waals surface area (Å²) in [5, 5.41) is 6.87. The third-order valence-corrected chi connectivity index (χ3v) is 4.59. The van der Waals surface area contributed by atoms with E-state index in [0.29, 0.717) is 39.0 Å². The molecule has 2 rings (SSSR count). The summed E-state index contributed by atoms with van der Waals surface area (Å²) in [6.45, 7) is 5.03. The van der Waals surface area contributed by atoms with Gasteiger partial charge in [-0.25, -0.2) is 0 Å². The molecule has 0 aliphatic carbocycles. The van der Waals surface area contributed by atoms with Gasteiger partial charge in [0, 0.05) is 5.69 Å². The fourth-order valence-corrected chi connectivity index (χ4v) is 2.70. The Labute approximate surface area is 168 Å². The Kier molecular flexibility index (Phi) is 7.88. The minimum absolute atomic E-state index is 0.0460. The number of ether oxygens (including phenoxy) is 1. The predicted molar refractivity (Wildman–Crippen MR) is 110 cm³/mol. The van der Waals surface area contributed by atoms with E-state index in [4.69, 9.17) is 39.5 Å². The number of halogens is 3. The average molecular weight is 416 g/mol. The lowest BCUT2D eigenvalue weighted by Crippen LogP contribution is -2.21. The van der Waals surface area contributed by atoms with E-state index >= 15 is 0 Å². The van der Waals surface area contributed by atoms with Crippen LogP contribution in [0.25, 0.3) is 0 Å². The summed E-state index contributed by atoms with van der Waals surface area (Å²) in [4.78, 5) is 12.1. The van der Waals surface area contributed by atoms with Crippen LogP contribution in [0.2, 0.25) is 15.1 Å². The molecule has 4 nitrogen and oxygen atoms in total. The van der Waals surface area contributed by atoms with Crippen LogP contribution in [0.5, 0.6) is 5.75 Å². The van der Waals surface area contributed by atoms with Crippen molar-refractivity contribution in [3.8, 4) is 5.75 Å². The van der Waals surface area contributed by atoms with Crippen LogP contribution in [-0.2, 0) is 4.79 Å². The Hall–Kier alpha value is -1.62. The van der Waals surface area contributed by atoms with Gasteiger partial charge in [0.05, 0.1) is 33.9 Å². The van der Waals surface area contributed by atoms with Gasteiger partial charge in [0.1, 0.15) is 5.75 Å². The number of amides is 1. The maximum absolute atomic E-state index is 12.1. The molecule has 0 fully saturated rings. The second kappa shape index (κ2) is 9.91. The highest BCUT2D eigenvalue weighted by molar-refractivity contribution is 6.44. The van der Waals surface area contributed by atoms with Gasteiger partial charge < -0.3 is 15.4 Å². The van der Waals surface area contributed by atoms with Crippen LogP contribution in [-0.4, -0.2) is 19.1 Å². The number of anilines is 2. The Bertz CT molecular complexity index is 749. The standard InChI is InChI=1S/C19H21Cl3N2O2/c1-12(2)7-8-26-14-5-3-13(4-6-14)24-19(25)11-23-18-10-16(21)15(20)9-17(18)22/h3-6,9-10,12,23H,7-8,11H2,1-2H3,(H,24,25). The number of carbonyl (C=O) groups is 1. The lowest BCUT2D eigenvalue weighted by Gasteiger charge is -2.11. The molecule has 26 heavy (non-hydrogen) atoms. The second-order valence-corrected chi connectivity index (χ2v) is 7.42. The van der Waals surface area contributed by atoms with Gasteiger partial charge in [0.2, 0.25) is 5.91 Å². The molecular formula is C19H21Cl3N2O2. The van der Waals surface area contributed by atoms with Gasteiger partial charge in [-0.3, -0.25) is 4.79 Å². The van der Waals surface area contributed by atoms with E-state index in [1.54, 1.807) is 18.2 Å². The topological polar surface area (TPSA) is 50.4 Å². The third kappa shape index (κ3) is 6.60. The van der Waals surface area contributed by atoms with Crippen molar-refractivity contribution in [3.05, 3.63) is 51.5 Å². The molecule has 0 atom stereocenters. The molecular weight excluding hydrogens is 395 g/mol. The largest absolute Gasteiger partial charge is 0.494 e. The van der Waals surface area contributed by atoms with Crippen LogP contribution in [0.1, 0.15) is 20.3 Å². The first-order valence-electron chi connectivity index (χ1n) is 8.26. The molecule has 0 saturated heterocycles. The van der Waals surface area contributed by atoms with E-state index in [1.807, 2.05) is 12.1 Å². The van der Waals surface area contributed by atoms with Gasteiger partial charge in [-0.1, -0.05) is 48.7 Å². The van der Waals surface area contributed by atoms with Crippen LogP contribution >= 0.6 is 34.8 Å². The fourth-order valence-electron chi connectivity index (χ4n) is 2.09. The van der Waals surface area contributed by atoms with Gasteiger partial charge in [0.15, 0.2) is 0 Å². The molecule has 0 heterocycles. The highest BCUT2D eigenvalue weighted by Crippen LogP contribution is 2.32. The highest BCUT2D eigenvalue weighted by Gasteiger charge is 2.08. The van der Waals surface area contributed by atoms with E-state index in [0.717, 1.165) is 12.2 Å². The zero-order valence-corrected chi connectivity index (χ0v) is 16.9. The summed E-state index contributed by atoms with van der Waals surface area (Å²) in [6, 6.07) is 10.4. The Morgan fingerprint density at radius 1 is 1.04 bits per heavy atom. The molecule has 0 saturated carbocycles. The smallest absolute Gasteiger partial charge is 0.243 e. The van der Waals surface area contributed by atoms with Crippen molar-refractivity contribution in [1.29, 1.82) is 0 Å². The number of rotatable bonds is 8. The van der Waals surface area contributed by atoms with E-state index in [1.165, 1.54) is 6.07 Å². The normalized spacial score (nSPS) is 10.7. The Morgan fingerprint density at radius 3 is 2.35 bits per heavy atom.